The molecule has 5 rings (SSSR count). The third-order valence-electron chi connectivity index (χ3n) is 10.5. The van der Waals surface area contributed by atoms with Crippen LogP contribution < -0.4 is 27.0 Å². The summed E-state index contributed by atoms with van der Waals surface area (Å²) in [6.45, 7) is 12.9. The lowest BCUT2D eigenvalue weighted by Gasteiger charge is -2.57. The summed E-state index contributed by atoms with van der Waals surface area (Å²) in [4.78, 5) is 80.9. The summed E-state index contributed by atoms with van der Waals surface area (Å²) in [5.74, 6) is -1.27. The quantitative estimate of drug-likeness (QED) is 0.174. The number of rotatable bonds is 14. The first kappa shape index (κ1) is 38.4. The molecule has 13 heteroatoms. The lowest BCUT2D eigenvalue weighted by atomic mass is 9.53. The minimum absolute atomic E-state index is 0.00402. The van der Waals surface area contributed by atoms with Crippen LogP contribution in [0.3, 0.4) is 0 Å². The molecule has 5 fully saturated rings. The Morgan fingerprint density at radius 2 is 1.43 bits per heavy atom. The van der Waals surface area contributed by atoms with Crippen molar-refractivity contribution < 1.29 is 33.5 Å². The number of nitrogens with one attached hydrogen (secondary N) is 4. The molecule has 6 amide bonds. The van der Waals surface area contributed by atoms with Crippen molar-refractivity contribution in [3.8, 4) is 0 Å². The van der Waals surface area contributed by atoms with Gasteiger partial charge in [-0.15, -0.1) is 0 Å². The molecule has 0 unspecified atom stereocenters. The first-order valence-corrected chi connectivity index (χ1v) is 18.4. The fourth-order valence-electron chi connectivity index (χ4n) is 8.83. The number of ether oxygens (including phenoxy) is 1. The molecule has 4 saturated carbocycles. The predicted molar refractivity (Wildman–Crippen MR) is 184 cm³/mol. The summed E-state index contributed by atoms with van der Waals surface area (Å²) in [5, 5.41) is 11.6. The van der Waals surface area contributed by atoms with E-state index in [0.29, 0.717) is 37.1 Å². The lowest BCUT2D eigenvalue weighted by Crippen LogP contribution is -2.63. The first-order valence-electron chi connectivity index (χ1n) is 18.4. The van der Waals surface area contributed by atoms with E-state index in [1.54, 1.807) is 39.5 Å². The van der Waals surface area contributed by atoms with Gasteiger partial charge in [-0.05, 0) is 115 Å². The van der Waals surface area contributed by atoms with Crippen molar-refractivity contribution in [3.63, 3.8) is 0 Å². The number of nitrogens with two attached hydrogens (primary N) is 1. The summed E-state index contributed by atoms with van der Waals surface area (Å²) in [5.41, 5.74) is 4.59. The second-order valence-electron chi connectivity index (χ2n) is 17.0. The van der Waals surface area contributed by atoms with E-state index in [0.717, 1.165) is 19.3 Å². The van der Waals surface area contributed by atoms with Crippen LogP contribution in [0.15, 0.2) is 0 Å². The number of hydrogen-bond donors (Lipinski definition) is 5. The molecule has 49 heavy (non-hydrogen) atoms. The van der Waals surface area contributed by atoms with E-state index >= 15 is 0 Å². The van der Waals surface area contributed by atoms with E-state index in [4.69, 9.17) is 10.5 Å². The topological polar surface area (TPSA) is 189 Å². The maximum absolute atomic E-state index is 13.8. The predicted octanol–water partition coefficient (Wildman–Crippen LogP) is 2.89. The van der Waals surface area contributed by atoms with Crippen LogP contribution in [-0.2, 0) is 28.7 Å². The number of amides is 6. The van der Waals surface area contributed by atoms with Gasteiger partial charge in [0.1, 0.15) is 29.8 Å². The number of nitrogens with zero attached hydrogens (tertiary/aromatic N) is 1. The number of esters is 1. The molecular formula is C36H60N6O7. The number of primary amides is 1. The highest BCUT2D eigenvalue weighted by Crippen LogP contribution is 2.55. The fraction of sp³-hybridized carbons (Fsp3) is 0.833. The zero-order chi connectivity index (χ0) is 36.3. The molecule has 1 heterocycles. The van der Waals surface area contributed by atoms with E-state index in [1.807, 2.05) is 13.8 Å². The molecule has 13 nitrogen and oxygen atoms in total. The van der Waals surface area contributed by atoms with E-state index in [-0.39, 0.29) is 42.7 Å². The monoisotopic (exact) mass is 688 g/mol. The smallest absolute Gasteiger partial charge is 0.318 e. The molecule has 0 spiro atoms. The molecule has 0 aromatic rings. The molecular weight excluding hydrogens is 628 g/mol. The highest BCUT2D eigenvalue weighted by atomic mass is 16.6. The molecule has 1 saturated heterocycles. The molecule has 0 radical (unpaired) electrons. The molecule has 4 aliphatic carbocycles. The Hall–Kier alpha value is -3.38. The number of carbonyl (C=O) groups excluding carboxylic acids is 6. The van der Waals surface area contributed by atoms with E-state index in [1.165, 1.54) is 19.3 Å². The van der Waals surface area contributed by atoms with Crippen molar-refractivity contribution in [1.82, 2.24) is 26.2 Å². The van der Waals surface area contributed by atoms with E-state index < -0.39 is 59.4 Å². The minimum Gasteiger partial charge on any atom is -0.460 e. The van der Waals surface area contributed by atoms with Gasteiger partial charge in [-0.2, -0.15) is 0 Å². The Balaban J connectivity index is 1.44. The minimum atomic E-state index is -1.21. The summed E-state index contributed by atoms with van der Waals surface area (Å²) < 4.78 is 5.39. The second kappa shape index (κ2) is 15.7. The molecule has 0 aromatic carbocycles. The average molecular weight is 689 g/mol. The maximum Gasteiger partial charge on any atom is 0.318 e. The molecule has 4 atom stereocenters. The van der Waals surface area contributed by atoms with Gasteiger partial charge in [-0.25, -0.2) is 4.79 Å². The van der Waals surface area contributed by atoms with Crippen LogP contribution in [0.2, 0.25) is 0 Å². The molecule has 6 N–H and O–H groups in total. The normalized spacial score (nSPS) is 27.7. The van der Waals surface area contributed by atoms with Crippen molar-refractivity contribution in [1.29, 1.82) is 0 Å². The van der Waals surface area contributed by atoms with Gasteiger partial charge in [0.15, 0.2) is 0 Å². The van der Waals surface area contributed by atoms with Gasteiger partial charge < -0.3 is 36.6 Å². The number of urea groups is 1. The lowest BCUT2D eigenvalue weighted by molar-refractivity contribution is -0.155. The third-order valence-corrected chi connectivity index (χ3v) is 10.5. The summed E-state index contributed by atoms with van der Waals surface area (Å²) in [6.07, 6.45) is 7.97. The van der Waals surface area contributed by atoms with Crippen LogP contribution in [0.4, 0.5) is 4.79 Å². The molecule has 276 valence electrons. The van der Waals surface area contributed by atoms with Crippen molar-refractivity contribution in [2.24, 2.45) is 35.3 Å². The summed E-state index contributed by atoms with van der Waals surface area (Å²) in [6, 6.07) is -4.13. The molecule has 0 aromatic heterocycles. The van der Waals surface area contributed by atoms with E-state index in [2.05, 4.69) is 21.3 Å². The van der Waals surface area contributed by atoms with Crippen LogP contribution in [0, 0.1) is 29.6 Å². The average Bonchev–Trinajstić information content (AvgIpc) is 3.45. The van der Waals surface area contributed by atoms with Gasteiger partial charge in [0.05, 0.1) is 0 Å². The second-order valence-corrected chi connectivity index (χ2v) is 17.0. The Bertz CT molecular complexity index is 1230. The van der Waals surface area contributed by atoms with Gasteiger partial charge in [-0.1, -0.05) is 27.7 Å². The highest BCUT2D eigenvalue weighted by Gasteiger charge is 2.52. The largest absolute Gasteiger partial charge is 0.460 e. The molecule has 4 bridgehead atoms. The Morgan fingerprint density at radius 3 is 1.94 bits per heavy atom. The van der Waals surface area contributed by atoms with Crippen LogP contribution in [0.1, 0.15) is 119 Å². The van der Waals surface area contributed by atoms with Crippen molar-refractivity contribution in [2.75, 3.05) is 6.54 Å². The van der Waals surface area contributed by atoms with Crippen molar-refractivity contribution in [3.05, 3.63) is 0 Å². The summed E-state index contributed by atoms with van der Waals surface area (Å²) >= 11 is 0. The van der Waals surface area contributed by atoms with Crippen LogP contribution >= 0.6 is 0 Å². The summed E-state index contributed by atoms with van der Waals surface area (Å²) in [7, 11) is 0. The molecule has 1 aliphatic heterocycles. The Morgan fingerprint density at radius 1 is 0.857 bits per heavy atom. The van der Waals surface area contributed by atoms with Crippen molar-refractivity contribution >= 4 is 35.6 Å². The molecule has 5 aliphatic rings. The zero-order valence-corrected chi connectivity index (χ0v) is 30.6. The highest BCUT2D eigenvalue weighted by molar-refractivity contribution is 5.95. The number of hydrogen-bond acceptors (Lipinski definition) is 7. The SMILES string of the molecule is CC(C)C[C@H](NC(=O)[C@@H]1CCCN1C(=O)NC12CC3CC(CC(C3)C1)C2)C(=O)N[C@@H](CCC(=O)OC(C)(C)C)C(=O)N[C@H](C(N)=O)C(C)C. The van der Waals surface area contributed by atoms with Crippen LogP contribution in [-0.4, -0.2) is 82.4 Å². The Kier molecular flexibility index (Phi) is 12.3. The van der Waals surface area contributed by atoms with Gasteiger partial charge in [-0.3, -0.25) is 24.0 Å². The number of likely N-dealkylation sites (tertiary alicyclic amines) is 1. The van der Waals surface area contributed by atoms with Crippen LogP contribution in [0.5, 0.6) is 0 Å². The van der Waals surface area contributed by atoms with Gasteiger partial charge >= 0.3 is 12.0 Å². The van der Waals surface area contributed by atoms with Gasteiger partial charge in [0, 0.05) is 18.5 Å². The Labute approximate surface area is 291 Å². The zero-order valence-electron chi connectivity index (χ0n) is 30.6. The van der Waals surface area contributed by atoms with Crippen molar-refractivity contribution in [2.45, 2.75) is 154 Å². The standard InChI is InChI=1S/C36H60N6O7/c1-20(2)13-26(32(46)38-25(10-11-28(43)49-35(5,6)7)31(45)40-29(21(3)4)30(37)44)39-33(47)27-9-8-12-42(27)34(48)41-36-17-22-14-23(18-36)16-24(15-22)19-36/h20-27,29H,8-19H2,1-7H3,(H2,37,44)(H,38,46)(H,39,47)(H,40,45)(H,41,48)/t22?,23?,24?,25-,26-,27-,29-,36?/m0/s1. The van der Waals surface area contributed by atoms with Crippen LogP contribution in [0.25, 0.3) is 0 Å². The number of carbonyl (C=O) groups is 6. The van der Waals surface area contributed by atoms with Gasteiger partial charge in [0.25, 0.3) is 0 Å². The first-order chi connectivity index (χ1) is 22.8. The third kappa shape index (κ3) is 10.3. The maximum atomic E-state index is 13.8. The van der Waals surface area contributed by atoms with Gasteiger partial charge in [0.2, 0.25) is 23.6 Å². The van der Waals surface area contributed by atoms with E-state index in [9.17, 15) is 28.8 Å². The fourth-order valence-corrected chi connectivity index (χ4v) is 8.83.